The average molecular weight is 297 g/mol. The van der Waals surface area contributed by atoms with Crippen LogP contribution in [0.1, 0.15) is 27.7 Å². The van der Waals surface area contributed by atoms with E-state index in [0.29, 0.717) is 16.2 Å². The van der Waals surface area contributed by atoms with Crippen LogP contribution in [-0.2, 0) is 20.1 Å². The van der Waals surface area contributed by atoms with Crippen molar-refractivity contribution in [3.05, 3.63) is 12.3 Å². The summed E-state index contributed by atoms with van der Waals surface area (Å²) in [5.74, 6) is 0.533. The van der Waals surface area contributed by atoms with Crippen LogP contribution in [0.25, 0.3) is 0 Å². The quantitative estimate of drug-likeness (QED) is 0.783. The second-order valence-corrected chi connectivity index (χ2v) is 7.09. The smallest absolute Gasteiger partial charge is 0.495 e. The van der Waals surface area contributed by atoms with Gasteiger partial charge in [0.2, 0.25) is 0 Å². The van der Waals surface area contributed by atoms with Gasteiger partial charge in [-0.1, -0.05) is 0 Å². The van der Waals surface area contributed by atoms with E-state index in [9.17, 15) is 4.21 Å². The maximum atomic E-state index is 12.0. The van der Waals surface area contributed by atoms with Gasteiger partial charge in [0.15, 0.2) is 0 Å². The number of rotatable bonds is 3. The lowest BCUT2D eigenvalue weighted by Gasteiger charge is -2.32. The molecule has 5 nitrogen and oxygen atoms in total. The zero-order valence-corrected chi connectivity index (χ0v) is 13.5. The Bertz CT molecular complexity index is 531. The molecule has 1 aliphatic rings. The van der Waals surface area contributed by atoms with Crippen molar-refractivity contribution in [2.45, 2.75) is 43.8 Å². The van der Waals surface area contributed by atoms with Crippen molar-refractivity contribution in [2.24, 2.45) is 0 Å². The molecular weight excluding hydrogens is 277 g/mol. The molecule has 0 aromatic carbocycles. The summed E-state index contributed by atoms with van der Waals surface area (Å²) in [7, 11) is -0.348. The summed E-state index contributed by atoms with van der Waals surface area (Å²) < 4.78 is 29.2. The Kier molecular flexibility index (Phi) is 3.97. The average Bonchev–Trinajstić information content (AvgIpc) is 2.57. The summed E-state index contributed by atoms with van der Waals surface area (Å²) in [5.41, 5.74) is -0.409. The maximum absolute atomic E-state index is 12.0. The van der Waals surface area contributed by atoms with Crippen LogP contribution in [0.3, 0.4) is 0 Å². The molecule has 110 valence electrons. The van der Waals surface area contributed by atoms with Crippen molar-refractivity contribution in [2.75, 3.05) is 13.4 Å². The van der Waals surface area contributed by atoms with E-state index >= 15 is 0 Å². The molecule has 0 bridgehead atoms. The van der Waals surface area contributed by atoms with Gasteiger partial charge in [-0.15, -0.1) is 0 Å². The summed E-state index contributed by atoms with van der Waals surface area (Å²) in [4.78, 5) is 4.82. The molecule has 2 rings (SSSR count). The second kappa shape index (κ2) is 5.13. The first-order chi connectivity index (χ1) is 9.19. The van der Waals surface area contributed by atoms with Crippen molar-refractivity contribution in [3.8, 4) is 5.75 Å². The Hall–Kier alpha value is -0.915. The Balaban J connectivity index is 2.48. The first kappa shape index (κ1) is 15.5. The highest BCUT2D eigenvalue weighted by Gasteiger charge is 2.53. The monoisotopic (exact) mass is 297 g/mol. The fraction of sp³-hybridized carbons (Fsp3) is 0.615. The molecule has 1 unspecified atom stereocenters. The van der Waals surface area contributed by atoms with Crippen LogP contribution in [-0.4, -0.2) is 40.9 Å². The van der Waals surface area contributed by atoms with E-state index in [4.69, 9.17) is 14.0 Å². The second-order valence-electron chi connectivity index (χ2n) is 5.77. The molecule has 0 N–H and O–H groups in total. The lowest BCUT2D eigenvalue weighted by atomic mass is 9.84. The van der Waals surface area contributed by atoms with Gasteiger partial charge >= 0.3 is 7.12 Å². The van der Waals surface area contributed by atoms with E-state index in [-0.39, 0.29) is 0 Å². The summed E-state index contributed by atoms with van der Waals surface area (Å²) in [5, 5.41) is 0. The largest absolute Gasteiger partial charge is 0.515 e. The number of methoxy groups -OCH3 is 1. The number of hydrogen-bond donors (Lipinski definition) is 0. The molecule has 0 radical (unpaired) electrons. The van der Waals surface area contributed by atoms with Gasteiger partial charge in [-0.3, -0.25) is 9.19 Å². The fourth-order valence-electron chi connectivity index (χ4n) is 2.02. The van der Waals surface area contributed by atoms with Crippen LogP contribution in [0, 0.1) is 0 Å². The molecular formula is C13H20BNO4S. The number of hydrogen-bond acceptors (Lipinski definition) is 5. The molecule has 1 saturated heterocycles. The van der Waals surface area contributed by atoms with Gasteiger partial charge in [0.25, 0.3) is 0 Å². The van der Waals surface area contributed by atoms with Crippen LogP contribution >= 0.6 is 0 Å². The zero-order valence-electron chi connectivity index (χ0n) is 12.7. The highest BCUT2D eigenvalue weighted by molar-refractivity contribution is 7.84. The predicted molar refractivity (Wildman–Crippen MR) is 78.8 cm³/mol. The van der Waals surface area contributed by atoms with Gasteiger partial charge in [-0.25, -0.2) is 0 Å². The van der Waals surface area contributed by atoms with Gasteiger partial charge in [-0.2, -0.15) is 0 Å². The highest BCUT2D eigenvalue weighted by Crippen LogP contribution is 2.37. The zero-order chi connectivity index (χ0) is 15.1. The van der Waals surface area contributed by atoms with Crippen LogP contribution < -0.4 is 10.3 Å². The number of nitrogens with zero attached hydrogens (tertiary/aromatic N) is 1. The van der Waals surface area contributed by atoms with Crippen molar-refractivity contribution in [3.63, 3.8) is 0 Å². The van der Waals surface area contributed by atoms with E-state index in [2.05, 4.69) is 4.98 Å². The molecule has 7 heteroatoms. The first-order valence-corrected chi connectivity index (χ1v) is 7.97. The Morgan fingerprint density at radius 2 is 1.80 bits per heavy atom. The molecule has 1 aromatic rings. The Morgan fingerprint density at radius 3 is 2.25 bits per heavy atom. The molecule has 1 atom stereocenters. The van der Waals surface area contributed by atoms with Gasteiger partial charge in [-0.05, 0) is 33.8 Å². The lowest BCUT2D eigenvalue weighted by Crippen LogP contribution is -2.41. The highest BCUT2D eigenvalue weighted by atomic mass is 32.2. The number of aromatic nitrogens is 1. The van der Waals surface area contributed by atoms with E-state index < -0.39 is 29.1 Å². The minimum Gasteiger partial charge on any atom is -0.495 e. The number of ether oxygens (including phenoxy) is 1. The van der Waals surface area contributed by atoms with Crippen LogP contribution in [0.5, 0.6) is 5.75 Å². The molecule has 1 aromatic heterocycles. The van der Waals surface area contributed by atoms with Gasteiger partial charge in [0.05, 0.1) is 39.6 Å². The molecule has 0 amide bonds. The summed E-state index contributed by atoms with van der Waals surface area (Å²) in [6.45, 7) is 7.87. The lowest BCUT2D eigenvalue weighted by molar-refractivity contribution is 0.00578. The maximum Gasteiger partial charge on any atom is 0.515 e. The van der Waals surface area contributed by atoms with E-state index in [1.807, 2.05) is 27.7 Å². The van der Waals surface area contributed by atoms with Crippen molar-refractivity contribution >= 4 is 23.5 Å². The number of pyridine rings is 1. The normalized spacial score (nSPS) is 21.8. The van der Waals surface area contributed by atoms with Crippen LogP contribution in [0.2, 0.25) is 0 Å². The third-order valence-electron chi connectivity index (χ3n) is 3.88. The summed E-state index contributed by atoms with van der Waals surface area (Å²) in [6, 6.07) is 1.69. The van der Waals surface area contributed by atoms with Gasteiger partial charge < -0.3 is 14.0 Å². The van der Waals surface area contributed by atoms with Crippen LogP contribution in [0.15, 0.2) is 17.2 Å². The molecule has 1 fully saturated rings. The topological polar surface area (TPSA) is 57.6 Å². The third-order valence-corrected chi connectivity index (χ3v) is 4.87. The Morgan fingerprint density at radius 1 is 1.25 bits per heavy atom. The van der Waals surface area contributed by atoms with Gasteiger partial charge in [0, 0.05) is 12.5 Å². The predicted octanol–water partition coefficient (Wildman–Crippen LogP) is 1.13. The third kappa shape index (κ3) is 2.50. The minimum absolute atomic E-state index is 0.463. The molecule has 0 aliphatic carbocycles. The molecule has 20 heavy (non-hydrogen) atoms. The fourth-order valence-corrected chi connectivity index (χ4v) is 2.90. The molecule has 1 aliphatic heterocycles. The van der Waals surface area contributed by atoms with Gasteiger partial charge in [0.1, 0.15) is 5.75 Å². The Labute approximate surface area is 122 Å². The molecule has 2 heterocycles. The van der Waals surface area contributed by atoms with Crippen molar-refractivity contribution in [1.29, 1.82) is 0 Å². The molecule has 0 saturated carbocycles. The van der Waals surface area contributed by atoms with Crippen molar-refractivity contribution < 1.29 is 18.3 Å². The summed E-state index contributed by atoms with van der Waals surface area (Å²) in [6.07, 6.45) is 3.20. The van der Waals surface area contributed by atoms with Crippen LogP contribution in [0.4, 0.5) is 0 Å². The molecule has 0 spiro atoms. The van der Waals surface area contributed by atoms with E-state index in [1.165, 1.54) is 0 Å². The summed E-state index contributed by atoms with van der Waals surface area (Å²) >= 11 is 0. The minimum atomic E-state index is -1.25. The standard InChI is InChI=1S/C13H20BNO4S/c1-12(2)13(3,4)19-14(18-12)11-10(20(6)16)9(17-5)7-8-15-11/h7-8H,1-6H3. The first-order valence-electron chi connectivity index (χ1n) is 6.41. The SMILES string of the molecule is COc1ccnc(B2OC(C)(C)C(C)(C)O2)c1S(C)=O. The van der Waals surface area contributed by atoms with E-state index in [0.717, 1.165) is 0 Å². The van der Waals surface area contributed by atoms with E-state index in [1.54, 1.807) is 25.6 Å². The van der Waals surface area contributed by atoms with Crippen molar-refractivity contribution in [1.82, 2.24) is 4.98 Å².